The van der Waals surface area contributed by atoms with Gasteiger partial charge in [-0.3, -0.25) is 4.79 Å². The van der Waals surface area contributed by atoms with Crippen molar-refractivity contribution in [3.63, 3.8) is 0 Å². The molecule has 2 nitrogen and oxygen atoms in total. The van der Waals surface area contributed by atoms with Crippen LogP contribution in [0.4, 0.5) is 0 Å². The molecule has 1 unspecified atom stereocenters. The Bertz CT molecular complexity index is 356. The van der Waals surface area contributed by atoms with Gasteiger partial charge in [0.15, 0.2) is 0 Å². The smallest absolute Gasteiger partial charge is 0.309 e. The van der Waals surface area contributed by atoms with E-state index >= 15 is 0 Å². The van der Waals surface area contributed by atoms with E-state index in [1.165, 1.54) is 0 Å². The third kappa shape index (κ3) is 4.47. The van der Waals surface area contributed by atoms with E-state index in [9.17, 15) is 4.79 Å². The van der Waals surface area contributed by atoms with Crippen LogP contribution in [0, 0.1) is 0 Å². The van der Waals surface area contributed by atoms with E-state index in [2.05, 4.69) is 12.2 Å². The number of benzene rings is 1. The minimum Gasteiger partial charge on any atom is -0.481 e. The molecule has 0 spiro atoms. The van der Waals surface area contributed by atoms with E-state index in [1.54, 1.807) is 0 Å². The zero-order valence-corrected chi connectivity index (χ0v) is 12.4. The maximum Gasteiger partial charge on any atom is 0.309 e. The van der Waals surface area contributed by atoms with Gasteiger partial charge in [-0.1, -0.05) is 42.1 Å². The van der Waals surface area contributed by atoms with Crippen LogP contribution in [0.3, 0.4) is 0 Å². The molecule has 71 valence electrons. The second kappa shape index (κ2) is 6.31. The Balaban J connectivity index is 0.00000169. The maximum absolute atomic E-state index is 10.5. The van der Waals surface area contributed by atoms with E-state index in [1.807, 2.05) is 30.3 Å². The van der Waals surface area contributed by atoms with Gasteiger partial charge in [-0.15, -0.1) is 12.2 Å². The van der Waals surface area contributed by atoms with Gasteiger partial charge in [0, 0.05) is 34.8 Å². The van der Waals surface area contributed by atoms with Crippen molar-refractivity contribution in [2.45, 2.75) is 0 Å². The van der Waals surface area contributed by atoms with Crippen LogP contribution in [0.15, 0.2) is 30.3 Å². The standard InChI is InChI=1S/C8H9O2PS2.Na/c9-8(10)6-11(12,13)7-4-2-1-3-5-7;/h1-5H,6H2,(H,9,10)(H,12,13);. The summed E-state index contributed by atoms with van der Waals surface area (Å²) in [5, 5.41) is 7.31. The molecule has 1 radical (unpaired) electrons. The molecule has 0 heterocycles. The molecule has 6 heteroatoms. The van der Waals surface area contributed by atoms with Gasteiger partial charge in [0.1, 0.15) is 0 Å². The second-order valence-corrected chi connectivity index (χ2v) is 9.56. The summed E-state index contributed by atoms with van der Waals surface area (Å²) in [4.78, 5) is 10.5. The Kier molecular flexibility index (Phi) is 6.62. The van der Waals surface area contributed by atoms with Gasteiger partial charge < -0.3 is 5.11 Å². The summed E-state index contributed by atoms with van der Waals surface area (Å²) in [6, 6.07) is 9.21. The number of carboxylic acids is 1. The largest absolute Gasteiger partial charge is 0.481 e. The number of carboxylic acid groups (broad SMARTS) is 1. The van der Waals surface area contributed by atoms with Crippen LogP contribution >= 0.6 is 17.5 Å². The summed E-state index contributed by atoms with van der Waals surface area (Å²) in [5.74, 6) is -0.887. The third-order valence-corrected chi connectivity index (χ3v) is 5.45. The predicted octanol–water partition coefficient (Wildman–Crippen LogP) is 1.34. The molecule has 1 aromatic rings. The van der Waals surface area contributed by atoms with Crippen molar-refractivity contribution in [2.24, 2.45) is 0 Å². The zero-order valence-electron chi connectivity index (χ0n) is 7.75. The summed E-state index contributed by atoms with van der Waals surface area (Å²) in [7, 11) is 0. The molecule has 0 aliphatic heterocycles. The molecule has 0 aromatic heterocycles. The van der Waals surface area contributed by atoms with E-state index in [0.717, 1.165) is 5.30 Å². The maximum atomic E-state index is 10.5. The molecule has 0 aliphatic rings. The van der Waals surface area contributed by atoms with Crippen molar-refractivity contribution < 1.29 is 9.90 Å². The number of thiol groups is 1. The van der Waals surface area contributed by atoms with Crippen LogP contribution in [-0.4, -0.2) is 46.8 Å². The van der Waals surface area contributed by atoms with Crippen molar-refractivity contribution in [3.8, 4) is 0 Å². The summed E-state index contributed by atoms with van der Waals surface area (Å²) in [5.41, 5.74) is 0. The molecule has 1 rings (SSSR count). The van der Waals surface area contributed by atoms with Gasteiger partial charge in [0.2, 0.25) is 0 Å². The first kappa shape index (κ1) is 14.7. The summed E-state index contributed by atoms with van der Waals surface area (Å²) in [6.07, 6.45) is -0.0462. The fourth-order valence-corrected chi connectivity index (χ4v) is 3.58. The van der Waals surface area contributed by atoms with E-state index in [-0.39, 0.29) is 35.7 Å². The van der Waals surface area contributed by atoms with Gasteiger partial charge in [0.25, 0.3) is 0 Å². The molecule has 14 heavy (non-hydrogen) atoms. The van der Waals surface area contributed by atoms with E-state index < -0.39 is 11.2 Å². The Hall–Kier alpha value is 0.690. The molecule has 1 atom stereocenters. The second-order valence-electron chi connectivity index (χ2n) is 2.59. The van der Waals surface area contributed by atoms with Crippen LogP contribution in [0.5, 0.6) is 0 Å². The van der Waals surface area contributed by atoms with Crippen molar-refractivity contribution >= 4 is 70.1 Å². The van der Waals surface area contributed by atoms with Crippen LogP contribution in [-0.2, 0) is 16.6 Å². The summed E-state index contributed by atoms with van der Waals surface area (Å²) < 4.78 is 0. The Morgan fingerprint density at radius 3 is 2.36 bits per heavy atom. The molecule has 0 aliphatic carbocycles. The predicted molar refractivity (Wildman–Crippen MR) is 67.6 cm³/mol. The Morgan fingerprint density at radius 2 is 1.93 bits per heavy atom. The van der Waals surface area contributed by atoms with Crippen molar-refractivity contribution in [2.75, 3.05) is 6.16 Å². The monoisotopic (exact) mass is 255 g/mol. The number of rotatable bonds is 3. The minimum atomic E-state index is -2.17. The van der Waals surface area contributed by atoms with Crippen LogP contribution in [0.25, 0.3) is 0 Å². The SMILES string of the molecule is O=C(O)CP(=S)(S)c1ccccc1.[Na]. The molecule has 0 saturated carbocycles. The number of aliphatic carboxylic acids is 1. The van der Waals surface area contributed by atoms with Gasteiger partial charge in [-0.05, 0) is 5.30 Å². The molecule has 0 amide bonds. The van der Waals surface area contributed by atoms with Crippen molar-refractivity contribution in [1.82, 2.24) is 0 Å². The Labute approximate surface area is 116 Å². The molecular weight excluding hydrogens is 246 g/mol. The van der Waals surface area contributed by atoms with Gasteiger partial charge >= 0.3 is 5.97 Å². The zero-order chi connectivity index (χ0) is 9.90. The fraction of sp³-hybridized carbons (Fsp3) is 0.125. The number of hydrogen-bond donors (Lipinski definition) is 2. The fourth-order valence-electron chi connectivity index (χ4n) is 0.936. The first-order chi connectivity index (χ1) is 6.02. The number of carbonyl (C=O) groups is 1. The number of hydrogen-bond acceptors (Lipinski definition) is 2. The summed E-state index contributed by atoms with van der Waals surface area (Å²) >= 11 is 9.44. The first-order valence-electron chi connectivity index (χ1n) is 3.61. The molecule has 1 N–H and O–H groups in total. The average Bonchev–Trinajstić information content (AvgIpc) is 2.04. The molecule has 0 fully saturated rings. The molecular formula is C8H9NaO2PS2. The minimum absolute atomic E-state index is 0. The normalized spacial score (nSPS) is 13.8. The van der Waals surface area contributed by atoms with Crippen LogP contribution in [0.2, 0.25) is 0 Å². The molecule has 0 bridgehead atoms. The average molecular weight is 255 g/mol. The van der Waals surface area contributed by atoms with Crippen molar-refractivity contribution in [3.05, 3.63) is 30.3 Å². The first-order valence-corrected chi connectivity index (χ1v) is 7.75. The quantitative estimate of drug-likeness (QED) is 0.486. The van der Waals surface area contributed by atoms with Crippen LogP contribution in [0.1, 0.15) is 0 Å². The van der Waals surface area contributed by atoms with Gasteiger partial charge in [0.05, 0.1) is 6.16 Å². The van der Waals surface area contributed by atoms with Gasteiger partial charge in [-0.2, -0.15) is 0 Å². The molecule has 0 saturated heterocycles. The van der Waals surface area contributed by atoms with Gasteiger partial charge in [-0.25, -0.2) is 0 Å². The Morgan fingerprint density at radius 1 is 1.43 bits per heavy atom. The molecule has 1 aromatic carbocycles. The third-order valence-electron chi connectivity index (χ3n) is 1.51. The summed E-state index contributed by atoms with van der Waals surface area (Å²) in [6.45, 7) is 0. The van der Waals surface area contributed by atoms with Crippen molar-refractivity contribution in [1.29, 1.82) is 0 Å². The van der Waals surface area contributed by atoms with Crippen LogP contribution < -0.4 is 5.30 Å². The van der Waals surface area contributed by atoms with E-state index in [4.69, 9.17) is 16.9 Å². The van der Waals surface area contributed by atoms with E-state index in [0.29, 0.717) is 0 Å². The topological polar surface area (TPSA) is 37.3 Å².